The van der Waals surface area contributed by atoms with Crippen LogP contribution in [0.1, 0.15) is 19.8 Å². The van der Waals surface area contributed by atoms with Gasteiger partial charge in [-0.25, -0.2) is 28.4 Å². The van der Waals surface area contributed by atoms with Gasteiger partial charge in [-0.2, -0.15) is 0 Å². The number of cyclic esters (lactones) is 1. The zero-order chi connectivity index (χ0) is 24.2. The summed E-state index contributed by atoms with van der Waals surface area (Å²) in [5, 5.41) is 5.80. The number of amides is 3. The zero-order valence-electron chi connectivity index (χ0n) is 18.3. The molecule has 3 amide bonds. The molecule has 2 aromatic rings. The maximum Gasteiger partial charge on any atom is 0.414 e. The van der Waals surface area contributed by atoms with Crippen LogP contribution in [0.2, 0.25) is 0 Å². The molecule has 1 aromatic carbocycles. The molecule has 1 aromatic heterocycles. The first-order valence-corrected chi connectivity index (χ1v) is 11.5. The molecule has 0 unspecified atom stereocenters. The molecule has 1 atom stereocenters. The highest BCUT2D eigenvalue weighted by molar-refractivity contribution is 7.13. The van der Waals surface area contributed by atoms with Gasteiger partial charge in [0, 0.05) is 43.2 Å². The van der Waals surface area contributed by atoms with Gasteiger partial charge >= 0.3 is 12.1 Å². The number of aromatic nitrogens is 1. The van der Waals surface area contributed by atoms with E-state index in [-0.39, 0.29) is 56.4 Å². The Bertz CT molecular complexity index is 1050. The molecule has 10 nitrogen and oxygen atoms in total. The third-order valence-electron chi connectivity index (χ3n) is 5.38. The van der Waals surface area contributed by atoms with Gasteiger partial charge in [-0.15, -0.1) is 11.3 Å². The summed E-state index contributed by atoms with van der Waals surface area (Å²) in [4.78, 5) is 47.7. The Labute approximate surface area is 198 Å². The number of halogens is 2. The molecular weight excluding hydrogens is 472 g/mol. The van der Waals surface area contributed by atoms with E-state index in [1.165, 1.54) is 23.2 Å². The zero-order valence-corrected chi connectivity index (χ0v) is 19.1. The molecule has 0 saturated carbocycles. The van der Waals surface area contributed by atoms with Crippen molar-refractivity contribution in [1.29, 1.82) is 0 Å². The number of rotatable bonds is 6. The minimum Gasteiger partial charge on any atom is -0.444 e. The van der Waals surface area contributed by atoms with Gasteiger partial charge in [-0.1, -0.05) is 0 Å². The van der Waals surface area contributed by atoms with Crippen LogP contribution in [0.25, 0.3) is 0 Å². The average Bonchev–Trinajstić information content (AvgIpc) is 3.35. The van der Waals surface area contributed by atoms with E-state index in [4.69, 9.17) is 9.57 Å². The Balaban J connectivity index is 1.42. The molecule has 182 valence electrons. The molecule has 34 heavy (non-hydrogen) atoms. The van der Waals surface area contributed by atoms with Crippen LogP contribution in [-0.2, 0) is 14.4 Å². The monoisotopic (exact) mass is 495 g/mol. The van der Waals surface area contributed by atoms with Gasteiger partial charge in [0.1, 0.15) is 17.6 Å². The fourth-order valence-corrected chi connectivity index (χ4v) is 4.25. The number of anilines is 3. The number of ketones is 1. The normalized spacial score (nSPS) is 18.6. The highest BCUT2D eigenvalue weighted by Crippen LogP contribution is 2.32. The Kier molecular flexibility index (Phi) is 7.22. The first-order valence-electron chi connectivity index (χ1n) is 10.6. The predicted octanol–water partition coefficient (Wildman–Crippen LogP) is 3.40. The van der Waals surface area contributed by atoms with Gasteiger partial charge in [-0.3, -0.25) is 15.1 Å². The SMILES string of the molecule is CC(=O)CC[C@H]1CN(c2cc(F)c(N3CCON(C(=O)Nc4nccs4)CC3)c(F)c2)C(=O)O1. The lowest BCUT2D eigenvalue weighted by Gasteiger charge is -2.24. The van der Waals surface area contributed by atoms with Crippen molar-refractivity contribution >= 4 is 45.8 Å². The number of nitrogens with zero attached hydrogens (tertiary/aromatic N) is 4. The molecule has 2 aliphatic rings. The molecular formula is C21H23F2N5O5S. The molecule has 0 radical (unpaired) electrons. The Morgan fingerprint density at radius 3 is 2.68 bits per heavy atom. The van der Waals surface area contributed by atoms with E-state index in [0.717, 1.165) is 22.1 Å². The van der Waals surface area contributed by atoms with E-state index >= 15 is 8.78 Å². The van der Waals surface area contributed by atoms with E-state index in [1.54, 1.807) is 11.6 Å². The van der Waals surface area contributed by atoms with E-state index in [1.807, 2.05) is 0 Å². The second-order valence-corrected chi connectivity index (χ2v) is 8.70. The minimum atomic E-state index is -0.851. The van der Waals surface area contributed by atoms with Crippen molar-refractivity contribution in [2.45, 2.75) is 25.9 Å². The van der Waals surface area contributed by atoms with Crippen LogP contribution >= 0.6 is 11.3 Å². The highest BCUT2D eigenvalue weighted by atomic mass is 32.1. The quantitative estimate of drug-likeness (QED) is 0.655. The summed E-state index contributed by atoms with van der Waals surface area (Å²) in [5.74, 6) is -1.73. The number of Topliss-reactive ketones (excluding diaryl/α,β-unsaturated/α-hetero) is 1. The van der Waals surface area contributed by atoms with Gasteiger partial charge in [0.15, 0.2) is 16.8 Å². The van der Waals surface area contributed by atoms with Crippen molar-refractivity contribution in [3.8, 4) is 0 Å². The van der Waals surface area contributed by atoms with Gasteiger partial charge < -0.3 is 14.4 Å². The Morgan fingerprint density at radius 1 is 1.24 bits per heavy atom. The Morgan fingerprint density at radius 2 is 2.00 bits per heavy atom. The summed E-state index contributed by atoms with van der Waals surface area (Å²) in [5.41, 5.74) is -0.236. The van der Waals surface area contributed by atoms with Gasteiger partial charge in [-0.05, 0) is 13.3 Å². The van der Waals surface area contributed by atoms with Crippen molar-refractivity contribution < 1.29 is 32.7 Å². The van der Waals surface area contributed by atoms with Crippen molar-refractivity contribution in [1.82, 2.24) is 10.0 Å². The van der Waals surface area contributed by atoms with Crippen molar-refractivity contribution in [3.05, 3.63) is 35.3 Å². The molecule has 3 heterocycles. The summed E-state index contributed by atoms with van der Waals surface area (Å²) in [6.07, 6.45) is 0.913. The maximum absolute atomic E-state index is 15.0. The number of nitrogens with one attached hydrogen (secondary N) is 1. The maximum atomic E-state index is 15.0. The second-order valence-electron chi connectivity index (χ2n) is 7.80. The van der Waals surface area contributed by atoms with Crippen molar-refractivity contribution in [2.24, 2.45) is 0 Å². The number of hydroxylamine groups is 2. The topological polar surface area (TPSA) is 104 Å². The highest BCUT2D eigenvalue weighted by Gasteiger charge is 2.34. The molecule has 0 spiro atoms. The van der Waals surface area contributed by atoms with Crippen LogP contribution < -0.4 is 15.1 Å². The number of carbonyl (C=O) groups is 3. The second kappa shape index (κ2) is 10.3. The lowest BCUT2D eigenvalue weighted by atomic mass is 10.1. The lowest BCUT2D eigenvalue weighted by molar-refractivity contribution is -0.117. The minimum absolute atomic E-state index is 0.0300. The predicted molar refractivity (Wildman–Crippen MR) is 120 cm³/mol. The summed E-state index contributed by atoms with van der Waals surface area (Å²) in [6.45, 7) is 1.91. The fraction of sp³-hybridized carbons (Fsp3) is 0.429. The number of thiazole rings is 1. The van der Waals surface area contributed by atoms with Crippen molar-refractivity contribution in [2.75, 3.05) is 47.9 Å². The molecule has 0 aliphatic carbocycles. The van der Waals surface area contributed by atoms with Gasteiger partial charge in [0.25, 0.3) is 0 Å². The standard InChI is InChI=1S/C21H23F2N5O5S/c1-13(29)2-3-15-12-27(21(31)33-15)14-10-16(22)18(17(23)11-14)26-5-6-28(32-8-7-26)20(30)25-19-24-4-9-34-19/h4,9-11,15H,2-3,5-8,12H2,1H3,(H,24,25,30)/t15-/m0/s1. The van der Waals surface area contributed by atoms with E-state index < -0.39 is 29.9 Å². The van der Waals surface area contributed by atoms with Crippen LogP contribution in [0.4, 0.5) is 34.9 Å². The number of carbonyl (C=O) groups excluding carboxylic acids is 3. The number of hydrogen-bond acceptors (Lipinski definition) is 8. The summed E-state index contributed by atoms with van der Waals surface area (Å²) >= 11 is 1.25. The molecule has 2 saturated heterocycles. The van der Waals surface area contributed by atoms with Gasteiger partial charge in [0.05, 0.1) is 25.4 Å². The molecule has 13 heteroatoms. The smallest absolute Gasteiger partial charge is 0.414 e. The first kappa shape index (κ1) is 23.8. The molecule has 4 rings (SSSR count). The number of urea groups is 1. The van der Waals surface area contributed by atoms with Crippen LogP contribution in [-0.4, -0.2) is 66.8 Å². The first-order chi connectivity index (χ1) is 16.3. The van der Waals surface area contributed by atoms with E-state index in [0.29, 0.717) is 11.6 Å². The van der Waals surface area contributed by atoms with Gasteiger partial charge in [0.2, 0.25) is 0 Å². The largest absolute Gasteiger partial charge is 0.444 e. The number of ether oxygens (including phenoxy) is 1. The van der Waals surface area contributed by atoms with Crippen LogP contribution in [0.5, 0.6) is 0 Å². The van der Waals surface area contributed by atoms with Crippen LogP contribution in [0.15, 0.2) is 23.7 Å². The molecule has 2 aliphatic heterocycles. The van der Waals surface area contributed by atoms with E-state index in [2.05, 4.69) is 10.3 Å². The summed E-state index contributed by atoms with van der Waals surface area (Å²) in [6, 6.07) is 1.62. The lowest BCUT2D eigenvalue weighted by Crippen LogP contribution is -2.37. The van der Waals surface area contributed by atoms with E-state index in [9.17, 15) is 14.4 Å². The number of benzene rings is 1. The third kappa shape index (κ3) is 5.42. The average molecular weight is 496 g/mol. The summed E-state index contributed by atoms with van der Waals surface area (Å²) < 4.78 is 35.3. The van der Waals surface area contributed by atoms with Crippen LogP contribution in [0.3, 0.4) is 0 Å². The molecule has 1 N–H and O–H groups in total. The number of hydrogen-bond donors (Lipinski definition) is 1. The molecule has 2 fully saturated rings. The van der Waals surface area contributed by atoms with Crippen LogP contribution in [0, 0.1) is 11.6 Å². The van der Waals surface area contributed by atoms with Crippen molar-refractivity contribution in [3.63, 3.8) is 0 Å². The summed E-state index contributed by atoms with van der Waals surface area (Å²) in [7, 11) is 0. The fourth-order valence-electron chi connectivity index (χ4n) is 3.73. The Hall–Kier alpha value is -3.32. The third-order valence-corrected chi connectivity index (χ3v) is 6.06. The molecule has 0 bridgehead atoms.